The minimum absolute atomic E-state index is 0.111. The number of hydrogen-bond donors (Lipinski definition) is 2. The number of carbonyl (C=O) groups is 2. The molecular formula is C22H22F2N4O3S. The van der Waals surface area contributed by atoms with Gasteiger partial charge in [-0.1, -0.05) is 25.2 Å². The highest BCUT2D eigenvalue weighted by Gasteiger charge is 2.15. The van der Waals surface area contributed by atoms with Gasteiger partial charge in [0.25, 0.3) is 5.91 Å². The first-order chi connectivity index (χ1) is 15.1. The summed E-state index contributed by atoms with van der Waals surface area (Å²) >= 11 is 1.09. The van der Waals surface area contributed by atoms with Gasteiger partial charge in [-0.2, -0.15) is 0 Å². The molecule has 0 saturated heterocycles. The Kier molecular flexibility index (Phi) is 7.14. The number of halogens is 2. The van der Waals surface area contributed by atoms with E-state index in [9.17, 15) is 18.4 Å². The number of anilines is 2. The van der Waals surface area contributed by atoms with Crippen LogP contribution in [0.3, 0.4) is 0 Å². The summed E-state index contributed by atoms with van der Waals surface area (Å²) in [4.78, 5) is 23.7. The molecule has 0 fully saturated rings. The van der Waals surface area contributed by atoms with Crippen LogP contribution in [0.2, 0.25) is 0 Å². The molecule has 0 unspecified atom stereocenters. The predicted molar refractivity (Wildman–Crippen MR) is 118 cm³/mol. The van der Waals surface area contributed by atoms with E-state index in [1.54, 1.807) is 0 Å². The summed E-state index contributed by atoms with van der Waals surface area (Å²) in [7, 11) is 0. The van der Waals surface area contributed by atoms with Crippen molar-refractivity contribution in [1.29, 1.82) is 0 Å². The number of nitrogens with one attached hydrogen (secondary N) is 2. The second-order valence-corrected chi connectivity index (χ2v) is 8.50. The lowest BCUT2D eigenvalue weighted by atomic mass is 9.98. The van der Waals surface area contributed by atoms with E-state index in [1.165, 1.54) is 6.92 Å². The van der Waals surface area contributed by atoms with Gasteiger partial charge in [0.2, 0.25) is 11.0 Å². The average molecular weight is 461 g/mol. The molecule has 3 aromatic rings. The number of carbonyl (C=O) groups excluding carboxylic acids is 2. The number of rotatable bonds is 7. The first-order valence-corrected chi connectivity index (χ1v) is 10.6. The van der Waals surface area contributed by atoms with Gasteiger partial charge in [0.1, 0.15) is 24.0 Å². The molecular weight excluding hydrogens is 438 g/mol. The zero-order chi connectivity index (χ0) is 23.4. The van der Waals surface area contributed by atoms with Crippen molar-refractivity contribution in [3.63, 3.8) is 0 Å². The number of aromatic nitrogens is 2. The molecule has 2 N–H and O–H groups in total. The van der Waals surface area contributed by atoms with E-state index in [-0.39, 0.29) is 29.1 Å². The second kappa shape index (κ2) is 9.82. The summed E-state index contributed by atoms with van der Waals surface area (Å²) in [6.07, 6.45) is 0. The molecule has 1 aromatic heterocycles. The molecule has 2 amide bonds. The third kappa shape index (κ3) is 5.85. The van der Waals surface area contributed by atoms with Gasteiger partial charge in [-0.15, -0.1) is 10.2 Å². The summed E-state index contributed by atoms with van der Waals surface area (Å²) < 4.78 is 32.5. The van der Waals surface area contributed by atoms with E-state index in [4.69, 9.17) is 4.74 Å². The van der Waals surface area contributed by atoms with Crippen molar-refractivity contribution in [1.82, 2.24) is 10.2 Å². The van der Waals surface area contributed by atoms with Crippen molar-refractivity contribution in [3.05, 3.63) is 63.7 Å². The van der Waals surface area contributed by atoms with Gasteiger partial charge in [0.15, 0.2) is 5.01 Å². The van der Waals surface area contributed by atoms with Gasteiger partial charge in [-0.25, -0.2) is 8.78 Å². The Morgan fingerprint density at radius 2 is 1.75 bits per heavy atom. The summed E-state index contributed by atoms with van der Waals surface area (Å²) in [5.74, 6) is -1.73. The summed E-state index contributed by atoms with van der Waals surface area (Å²) in [5, 5.41) is 13.8. The fourth-order valence-corrected chi connectivity index (χ4v) is 3.64. The Hall–Kier alpha value is -3.40. The maximum atomic E-state index is 13.3. The topological polar surface area (TPSA) is 93.2 Å². The zero-order valence-corrected chi connectivity index (χ0v) is 18.8. The van der Waals surface area contributed by atoms with Crippen molar-refractivity contribution >= 4 is 34.0 Å². The van der Waals surface area contributed by atoms with E-state index in [2.05, 4.69) is 20.8 Å². The lowest BCUT2D eigenvalue weighted by Crippen LogP contribution is -2.12. The summed E-state index contributed by atoms with van der Waals surface area (Å²) in [6, 6.07) is 6.29. The normalized spacial score (nSPS) is 10.8. The monoisotopic (exact) mass is 460 g/mol. The van der Waals surface area contributed by atoms with Crippen LogP contribution in [0.15, 0.2) is 30.3 Å². The third-order valence-electron chi connectivity index (χ3n) is 4.44. The number of aryl methyl sites for hydroxylation is 1. The molecule has 32 heavy (non-hydrogen) atoms. The largest absolute Gasteiger partial charge is 0.486 e. The minimum Gasteiger partial charge on any atom is -0.486 e. The molecule has 0 aliphatic heterocycles. The standard InChI is InChI=1S/C22H22F2N4O3S/c1-11(2)17-9-19(12(3)5-18(17)25-13(4)29)31-10-20-27-28-22(32-20)26-21(30)14-6-15(23)8-16(24)7-14/h5-9,11H,10H2,1-4H3,(H,25,29)(H,26,28,30). The van der Waals surface area contributed by atoms with Crippen LogP contribution in [0.25, 0.3) is 0 Å². The fourth-order valence-electron chi connectivity index (χ4n) is 2.99. The number of ether oxygens (including phenoxy) is 1. The van der Waals surface area contributed by atoms with Crippen molar-refractivity contribution in [2.24, 2.45) is 0 Å². The number of nitrogens with zero attached hydrogens (tertiary/aromatic N) is 2. The average Bonchev–Trinajstić information content (AvgIpc) is 3.13. The van der Waals surface area contributed by atoms with Crippen LogP contribution in [0.1, 0.15) is 53.2 Å². The highest BCUT2D eigenvalue weighted by molar-refractivity contribution is 7.15. The Morgan fingerprint density at radius 1 is 1.06 bits per heavy atom. The van der Waals surface area contributed by atoms with Gasteiger partial charge in [-0.3, -0.25) is 14.9 Å². The zero-order valence-electron chi connectivity index (χ0n) is 18.0. The summed E-state index contributed by atoms with van der Waals surface area (Å²) in [6.45, 7) is 7.48. The molecule has 10 heteroatoms. The van der Waals surface area contributed by atoms with E-state index in [0.29, 0.717) is 16.8 Å². The first-order valence-electron chi connectivity index (χ1n) is 9.77. The van der Waals surface area contributed by atoms with Gasteiger partial charge in [0, 0.05) is 24.2 Å². The van der Waals surface area contributed by atoms with Crippen LogP contribution >= 0.6 is 11.3 Å². The number of benzene rings is 2. The molecule has 7 nitrogen and oxygen atoms in total. The Morgan fingerprint density at radius 3 is 2.38 bits per heavy atom. The van der Waals surface area contributed by atoms with Crippen molar-refractivity contribution in [2.45, 2.75) is 40.2 Å². The molecule has 0 radical (unpaired) electrons. The summed E-state index contributed by atoms with van der Waals surface area (Å²) in [5.41, 5.74) is 2.36. The molecule has 0 aliphatic carbocycles. The van der Waals surface area contributed by atoms with E-state index >= 15 is 0 Å². The van der Waals surface area contributed by atoms with Gasteiger partial charge < -0.3 is 10.1 Å². The Balaban J connectivity index is 1.69. The number of hydrogen-bond acceptors (Lipinski definition) is 6. The maximum Gasteiger partial charge on any atom is 0.257 e. The molecule has 0 spiro atoms. The Bertz CT molecular complexity index is 1140. The van der Waals surface area contributed by atoms with Gasteiger partial charge >= 0.3 is 0 Å². The van der Waals surface area contributed by atoms with Gasteiger partial charge in [0.05, 0.1) is 0 Å². The molecule has 2 aromatic carbocycles. The number of amides is 2. The van der Waals surface area contributed by atoms with Crippen molar-refractivity contribution in [3.8, 4) is 5.75 Å². The molecule has 3 rings (SSSR count). The molecule has 0 aliphatic rings. The quantitative estimate of drug-likeness (QED) is 0.515. The van der Waals surface area contributed by atoms with Crippen LogP contribution in [-0.4, -0.2) is 22.0 Å². The smallest absolute Gasteiger partial charge is 0.257 e. The SMILES string of the molecule is CC(=O)Nc1cc(C)c(OCc2nnc(NC(=O)c3cc(F)cc(F)c3)s2)cc1C(C)C. The Labute approximate surface area is 187 Å². The van der Waals surface area contributed by atoms with Crippen LogP contribution in [0.4, 0.5) is 19.6 Å². The van der Waals surface area contributed by atoms with Crippen LogP contribution in [0.5, 0.6) is 5.75 Å². The highest BCUT2D eigenvalue weighted by Crippen LogP contribution is 2.32. The highest BCUT2D eigenvalue weighted by atomic mass is 32.1. The van der Waals surface area contributed by atoms with E-state index in [1.807, 2.05) is 32.9 Å². The molecule has 168 valence electrons. The fraction of sp³-hybridized carbons (Fsp3) is 0.273. The lowest BCUT2D eigenvalue weighted by molar-refractivity contribution is -0.114. The van der Waals surface area contributed by atoms with Crippen LogP contribution in [-0.2, 0) is 11.4 Å². The lowest BCUT2D eigenvalue weighted by Gasteiger charge is -2.17. The third-order valence-corrected chi connectivity index (χ3v) is 5.26. The van der Waals surface area contributed by atoms with E-state index in [0.717, 1.165) is 40.3 Å². The molecule has 0 saturated carbocycles. The molecule has 1 heterocycles. The molecule has 0 bridgehead atoms. The predicted octanol–water partition coefficient (Wildman–Crippen LogP) is 5.04. The van der Waals surface area contributed by atoms with Crippen molar-refractivity contribution < 1.29 is 23.1 Å². The second-order valence-electron chi connectivity index (χ2n) is 7.44. The molecule has 0 atom stereocenters. The van der Waals surface area contributed by atoms with Crippen LogP contribution in [0, 0.1) is 18.6 Å². The minimum atomic E-state index is -0.845. The first kappa shape index (κ1) is 23.3. The van der Waals surface area contributed by atoms with Crippen LogP contribution < -0.4 is 15.4 Å². The maximum absolute atomic E-state index is 13.3. The van der Waals surface area contributed by atoms with Gasteiger partial charge in [-0.05, 0) is 48.2 Å². The van der Waals surface area contributed by atoms with Crippen molar-refractivity contribution in [2.75, 3.05) is 10.6 Å². The van der Waals surface area contributed by atoms with E-state index < -0.39 is 17.5 Å².